The van der Waals surface area contributed by atoms with Crippen LogP contribution in [0.3, 0.4) is 0 Å². The molecule has 0 aliphatic carbocycles. The second-order valence-corrected chi connectivity index (χ2v) is 5.61. The summed E-state index contributed by atoms with van der Waals surface area (Å²) in [5.74, 6) is -16.9. The third-order valence-corrected chi connectivity index (χ3v) is 2.46. The zero-order chi connectivity index (χ0) is 32.6. The summed E-state index contributed by atoms with van der Waals surface area (Å²) in [5, 5.41) is 29.5. The minimum atomic E-state index is -5.46. The number of hydrogen-bond donors (Lipinski definition) is 0. The Balaban J connectivity index is -0.000000240. The van der Waals surface area contributed by atoms with Crippen molar-refractivity contribution in [3.05, 3.63) is 35.5 Å². The second kappa shape index (κ2) is 15.0. The first-order valence-corrected chi connectivity index (χ1v) is 7.86. The van der Waals surface area contributed by atoms with Crippen LogP contribution in [0.4, 0.5) is 79.0 Å². The van der Waals surface area contributed by atoms with Crippen LogP contribution in [0.2, 0.25) is 0 Å². The Morgan fingerprint density at radius 1 is 0.350 bits per heavy atom. The molecule has 0 spiro atoms. The predicted octanol–water partition coefficient (Wildman–Crippen LogP) is 2.77. The van der Waals surface area contributed by atoms with Crippen molar-refractivity contribution in [3.63, 3.8) is 0 Å². The molecular weight excluding hydrogens is 674 g/mol. The predicted molar refractivity (Wildman–Crippen MR) is 75.6 cm³/mol. The zero-order valence-corrected chi connectivity index (χ0v) is 18.4. The van der Waals surface area contributed by atoms with Crippen molar-refractivity contribution in [2.75, 3.05) is 0 Å². The van der Waals surface area contributed by atoms with Gasteiger partial charge in [0.2, 0.25) is 0 Å². The van der Waals surface area contributed by atoms with E-state index in [1.54, 1.807) is 0 Å². The minimum absolute atomic E-state index is 0. The first-order chi connectivity index (χ1) is 16.6. The van der Waals surface area contributed by atoms with Gasteiger partial charge in [-0.05, 0) is 35.5 Å². The van der Waals surface area contributed by atoms with E-state index >= 15 is 0 Å². The smallest absolute Gasteiger partial charge is 0.869 e. The van der Waals surface area contributed by atoms with Gasteiger partial charge in [0, 0.05) is 0 Å². The Bertz CT molecular complexity index is 834. The van der Waals surface area contributed by atoms with E-state index < -0.39 is 89.9 Å². The number of carbonyl (C=O) groups excluding carboxylic acids is 3. The molecule has 0 aromatic heterocycles. The third kappa shape index (κ3) is 19.9. The van der Waals surface area contributed by atoms with Gasteiger partial charge in [0.25, 0.3) is 17.3 Å². The van der Waals surface area contributed by atoms with E-state index in [0.717, 1.165) is 0 Å². The molecule has 0 fully saturated rings. The molecule has 0 heterocycles. The summed E-state index contributed by atoms with van der Waals surface area (Å²) in [7, 11) is 0. The quantitative estimate of drug-likeness (QED) is 0.196. The first-order valence-electron chi connectivity index (χ1n) is 7.86. The molecule has 40 heavy (non-hydrogen) atoms. The van der Waals surface area contributed by atoms with Crippen molar-refractivity contribution in [2.24, 2.45) is 0 Å². The van der Waals surface area contributed by atoms with E-state index in [-0.39, 0.29) is 17.1 Å². The van der Waals surface area contributed by atoms with E-state index in [1.165, 1.54) is 0 Å². The van der Waals surface area contributed by atoms with Crippen LogP contribution in [0.25, 0.3) is 0 Å². The van der Waals surface area contributed by atoms with Crippen LogP contribution in [0.15, 0.2) is 35.5 Å². The number of rotatable bonds is 3. The number of allylic oxidation sites excluding steroid dienone is 6. The van der Waals surface area contributed by atoms with Crippen LogP contribution in [0, 0.1) is 0 Å². The van der Waals surface area contributed by atoms with Crippen molar-refractivity contribution in [3.8, 4) is 0 Å². The molecule has 0 N–H and O–H groups in total. The molecule has 6 nitrogen and oxygen atoms in total. The molecule has 0 amide bonds. The zero-order valence-electron chi connectivity index (χ0n) is 17.3. The molecule has 0 unspecified atom stereocenters. The van der Waals surface area contributed by atoms with Crippen LogP contribution in [-0.4, -0.2) is 54.4 Å². The normalized spacial score (nSPS) is 14.1. The Labute approximate surface area is 216 Å². The van der Waals surface area contributed by atoms with Gasteiger partial charge in [-0.1, -0.05) is 0 Å². The van der Waals surface area contributed by atoms with Crippen LogP contribution < -0.4 is 15.3 Å². The number of carbonyl (C=O) groups is 3. The van der Waals surface area contributed by atoms with Gasteiger partial charge in [-0.2, -0.15) is 79.0 Å². The number of ketones is 3. The van der Waals surface area contributed by atoms with Crippen LogP contribution >= 0.6 is 0 Å². The van der Waals surface area contributed by atoms with Crippen molar-refractivity contribution in [2.45, 2.75) is 37.1 Å². The fraction of sp³-hybridized carbons (Fsp3) is 0.400. The monoisotopic (exact) mass is 677 g/mol. The maximum atomic E-state index is 11.3. The van der Waals surface area contributed by atoms with Gasteiger partial charge >= 0.3 is 54.1 Å². The van der Waals surface area contributed by atoms with E-state index in [1.807, 2.05) is 0 Å². The molecule has 25 heteroatoms. The Hall–Kier alpha value is -3.11. The first kappa shape index (κ1) is 43.9. The molecule has 0 saturated heterocycles. The van der Waals surface area contributed by atoms with Gasteiger partial charge < -0.3 is 15.3 Å². The SMILES string of the molecule is O=C(/C=C(/[O-])C(F)(F)F)C(F)(F)F.O=C(/C=C(/[O-])C(F)(F)F)C(F)(F)F.O=C(/C=C(/[O-])C(F)(F)F)C(F)(F)F.[Fe+3]. The topological polar surface area (TPSA) is 120 Å². The molecular formula is C15H3F18FeO6. The summed E-state index contributed by atoms with van der Waals surface area (Å²) in [6.45, 7) is 0. The standard InChI is InChI=1S/3C5H2F6O2.Fe/c3*6-4(7,8)2(12)1-3(13)5(9,10)11;/h3*1,12H;/q;;;+3/p-3/b3*2-1+;. The summed E-state index contributed by atoms with van der Waals surface area (Å²) in [4.78, 5) is 29.5. The summed E-state index contributed by atoms with van der Waals surface area (Å²) >= 11 is 0. The maximum absolute atomic E-state index is 11.3. The largest absolute Gasteiger partial charge is 3.00 e. The second-order valence-electron chi connectivity index (χ2n) is 5.61. The van der Waals surface area contributed by atoms with E-state index in [9.17, 15) is 109 Å². The molecule has 0 aliphatic rings. The molecule has 1 radical (unpaired) electrons. The molecule has 0 atom stereocenters. The maximum Gasteiger partial charge on any atom is 3.00 e. The molecule has 0 bridgehead atoms. The van der Waals surface area contributed by atoms with Crippen molar-refractivity contribution >= 4 is 17.3 Å². The van der Waals surface area contributed by atoms with Gasteiger partial charge in [-0.3, -0.25) is 14.4 Å². The van der Waals surface area contributed by atoms with Gasteiger partial charge in [-0.15, -0.1) is 0 Å². The van der Waals surface area contributed by atoms with Crippen LogP contribution in [-0.2, 0) is 31.5 Å². The van der Waals surface area contributed by atoms with Crippen molar-refractivity contribution < 1.29 is 126 Å². The Morgan fingerprint density at radius 2 is 0.475 bits per heavy atom. The van der Waals surface area contributed by atoms with E-state index in [0.29, 0.717) is 0 Å². The van der Waals surface area contributed by atoms with E-state index in [4.69, 9.17) is 0 Å². The van der Waals surface area contributed by atoms with Crippen molar-refractivity contribution in [1.82, 2.24) is 0 Å². The average Bonchev–Trinajstić information content (AvgIpc) is 2.64. The number of hydrogen-bond acceptors (Lipinski definition) is 6. The molecule has 0 aromatic carbocycles. The minimum Gasteiger partial charge on any atom is -0.869 e. The molecule has 0 saturated carbocycles. The molecule has 0 rings (SSSR count). The van der Waals surface area contributed by atoms with Gasteiger partial charge in [-0.25, -0.2) is 0 Å². The summed E-state index contributed by atoms with van der Waals surface area (Å²) < 4.78 is 203. The molecule has 0 aromatic rings. The molecule has 0 aliphatic heterocycles. The summed E-state index contributed by atoms with van der Waals surface area (Å²) in [6.07, 6.45) is -35.8. The molecule has 233 valence electrons. The number of halogens is 18. The average molecular weight is 677 g/mol. The van der Waals surface area contributed by atoms with Gasteiger partial charge in [0.05, 0.1) is 0 Å². The van der Waals surface area contributed by atoms with Gasteiger partial charge in [0.15, 0.2) is 0 Å². The van der Waals surface area contributed by atoms with Crippen LogP contribution in [0.5, 0.6) is 0 Å². The summed E-state index contributed by atoms with van der Waals surface area (Å²) in [5.41, 5.74) is 0. The van der Waals surface area contributed by atoms with E-state index in [2.05, 4.69) is 0 Å². The van der Waals surface area contributed by atoms with Gasteiger partial charge in [0.1, 0.15) is 0 Å². The summed E-state index contributed by atoms with van der Waals surface area (Å²) in [6, 6.07) is 0. The Morgan fingerprint density at radius 3 is 0.550 bits per heavy atom. The van der Waals surface area contributed by atoms with Crippen LogP contribution in [0.1, 0.15) is 0 Å². The number of alkyl halides is 18. The Kier molecular flexibility index (Phi) is 16.5. The third-order valence-electron chi connectivity index (χ3n) is 2.46. The fourth-order valence-electron chi connectivity index (χ4n) is 0.848. The van der Waals surface area contributed by atoms with Crippen molar-refractivity contribution in [1.29, 1.82) is 0 Å². The fourth-order valence-corrected chi connectivity index (χ4v) is 0.848.